The van der Waals surface area contributed by atoms with Gasteiger partial charge in [-0.05, 0) is 54.3 Å². The molecule has 0 aliphatic heterocycles. The Morgan fingerprint density at radius 2 is 1.57 bits per heavy atom. The van der Waals surface area contributed by atoms with E-state index in [0.29, 0.717) is 10.8 Å². The summed E-state index contributed by atoms with van der Waals surface area (Å²) < 4.78 is 0. The Bertz CT molecular complexity index is 253. The number of hydrogen-bond acceptors (Lipinski definition) is 0. The molecule has 0 heteroatoms. The fourth-order valence-corrected chi connectivity index (χ4v) is 5.47. The van der Waals surface area contributed by atoms with Crippen LogP contribution in [0.1, 0.15) is 59.3 Å². The van der Waals surface area contributed by atoms with E-state index in [2.05, 4.69) is 20.8 Å². The van der Waals surface area contributed by atoms with Crippen LogP contribution < -0.4 is 0 Å². The van der Waals surface area contributed by atoms with Crippen LogP contribution in [-0.4, -0.2) is 0 Å². The highest BCUT2D eigenvalue weighted by atomic mass is 14.7. The predicted molar refractivity (Wildman–Crippen MR) is 60.1 cm³/mol. The Kier molecular flexibility index (Phi) is 1.70. The van der Waals surface area contributed by atoms with Crippen LogP contribution in [0.4, 0.5) is 0 Å². The summed E-state index contributed by atoms with van der Waals surface area (Å²) in [5.74, 6) is 3.26. The van der Waals surface area contributed by atoms with Gasteiger partial charge in [0.05, 0.1) is 0 Å². The molecule has 0 aromatic rings. The summed E-state index contributed by atoms with van der Waals surface area (Å²) in [4.78, 5) is 0. The van der Waals surface area contributed by atoms with Gasteiger partial charge >= 0.3 is 0 Å². The predicted octanol–water partition coefficient (Wildman–Crippen LogP) is 4.25. The molecule has 0 heterocycles. The first-order chi connectivity index (χ1) is 6.57. The van der Waals surface area contributed by atoms with Crippen LogP contribution in [0.3, 0.4) is 0 Å². The van der Waals surface area contributed by atoms with Crippen molar-refractivity contribution in [2.45, 2.75) is 59.3 Å². The highest BCUT2D eigenvalue weighted by Crippen LogP contribution is 2.71. The third-order valence-corrected chi connectivity index (χ3v) is 6.51. The van der Waals surface area contributed by atoms with E-state index < -0.39 is 0 Å². The molecule has 3 aliphatic carbocycles. The first-order valence-corrected chi connectivity index (χ1v) is 6.57. The third kappa shape index (κ3) is 0.823. The van der Waals surface area contributed by atoms with E-state index in [1.807, 2.05) is 0 Å². The summed E-state index contributed by atoms with van der Waals surface area (Å²) in [5, 5.41) is 0. The summed E-state index contributed by atoms with van der Waals surface area (Å²) in [5.41, 5.74) is 1.33. The van der Waals surface area contributed by atoms with E-state index in [1.54, 1.807) is 12.8 Å². The fourth-order valence-electron chi connectivity index (χ4n) is 5.47. The maximum absolute atomic E-state index is 2.60. The molecule has 0 aromatic heterocycles. The zero-order valence-corrected chi connectivity index (χ0v) is 9.97. The van der Waals surface area contributed by atoms with Crippen molar-refractivity contribution < 1.29 is 0 Å². The Morgan fingerprint density at radius 3 is 2.36 bits per heavy atom. The van der Waals surface area contributed by atoms with Gasteiger partial charge in [0.25, 0.3) is 0 Å². The normalized spacial score (nSPS) is 54.6. The SMILES string of the molecule is CC1(C)C2CCCC2C2CCCC21C. The molecule has 0 N–H and O–H groups in total. The zero-order valence-electron chi connectivity index (χ0n) is 9.97. The van der Waals surface area contributed by atoms with E-state index in [-0.39, 0.29) is 0 Å². The largest absolute Gasteiger partial charge is 0.0591 e. The lowest BCUT2D eigenvalue weighted by molar-refractivity contribution is 0.0719. The molecule has 14 heavy (non-hydrogen) atoms. The Balaban J connectivity index is 2.04. The van der Waals surface area contributed by atoms with E-state index in [0.717, 1.165) is 17.8 Å². The summed E-state index contributed by atoms with van der Waals surface area (Å²) >= 11 is 0. The van der Waals surface area contributed by atoms with Gasteiger partial charge in [-0.1, -0.05) is 33.6 Å². The molecule has 4 unspecified atom stereocenters. The van der Waals surface area contributed by atoms with Crippen LogP contribution in [0.15, 0.2) is 0 Å². The fraction of sp³-hybridized carbons (Fsp3) is 1.00. The van der Waals surface area contributed by atoms with E-state index >= 15 is 0 Å². The van der Waals surface area contributed by atoms with Crippen molar-refractivity contribution in [3.63, 3.8) is 0 Å². The summed E-state index contributed by atoms with van der Waals surface area (Å²) in [6.45, 7) is 7.74. The van der Waals surface area contributed by atoms with E-state index in [4.69, 9.17) is 0 Å². The molecule has 3 saturated carbocycles. The Morgan fingerprint density at radius 1 is 0.857 bits per heavy atom. The Hall–Kier alpha value is 0. The molecular weight excluding hydrogens is 168 g/mol. The van der Waals surface area contributed by atoms with Gasteiger partial charge in [0.2, 0.25) is 0 Å². The first kappa shape index (κ1) is 9.24. The summed E-state index contributed by atoms with van der Waals surface area (Å²) in [6.07, 6.45) is 9.16. The van der Waals surface area contributed by atoms with Gasteiger partial charge in [-0.25, -0.2) is 0 Å². The maximum atomic E-state index is 2.60. The van der Waals surface area contributed by atoms with Crippen LogP contribution in [0.2, 0.25) is 0 Å². The Labute approximate surface area is 88.5 Å². The monoisotopic (exact) mass is 192 g/mol. The van der Waals surface area contributed by atoms with Gasteiger partial charge in [-0.3, -0.25) is 0 Å². The van der Waals surface area contributed by atoms with Crippen LogP contribution >= 0.6 is 0 Å². The average molecular weight is 192 g/mol. The molecule has 0 radical (unpaired) electrons. The molecule has 0 bridgehead atoms. The number of rotatable bonds is 0. The lowest BCUT2D eigenvalue weighted by Crippen LogP contribution is -2.34. The molecule has 0 amide bonds. The molecule has 0 spiro atoms. The smallest absolute Gasteiger partial charge is 0.0241 e. The van der Waals surface area contributed by atoms with Crippen molar-refractivity contribution in [3.8, 4) is 0 Å². The highest BCUT2D eigenvalue weighted by molar-refractivity contribution is 5.12. The van der Waals surface area contributed by atoms with Crippen molar-refractivity contribution in [1.29, 1.82) is 0 Å². The maximum Gasteiger partial charge on any atom is -0.0241 e. The lowest BCUT2D eigenvalue weighted by atomic mass is 9.63. The van der Waals surface area contributed by atoms with Crippen molar-refractivity contribution in [3.05, 3.63) is 0 Å². The van der Waals surface area contributed by atoms with Crippen molar-refractivity contribution in [1.82, 2.24) is 0 Å². The van der Waals surface area contributed by atoms with Crippen LogP contribution in [0, 0.1) is 28.6 Å². The van der Waals surface area contributed by atoms with E-state index in [1.165, 1.54) is 25.7 Å². The summed E-state index contributed by atoms with van der Waals surface area (Å²) in [7, 11) is 0. The van der Waals surface area contributed by atoms with Crippen LogP contribution in [-0.2, 0) is 0 Å². The molecule has 3 aliphatic rings. The second kappa shape index (κ2) is 2.57. The number of fused-ring (bicyclic) bond motifs is 3. The number of hydrogen-bond donors (Lipinski definition) is 0. The molecule has 0 aromatic carbocycles. The van der Waals surface area contributed by atoms with Gasteiger partial charge in [0.1, 0.15) is 0 Å². The molecule has 3 rings (SSSR count). The van der Waals surface area contributed by atoms with Crippen molar-refractivity contribution >= 4 is 0 Å². The minimum absolute atomic E-state index is 0.634. The second-order valence-corrected chi connectivity index (χ2v) is 6.84. The average Bonchev–Trinajstić information content (AvgIpc) is 2.71. The van der Waals surface area contributed by atoms with Gasteiger partial charge in [0, 0.05) is 0 Å². The standard InChI is InChI=1S/C14H24/c1-13(2)11-7-4-6-10(11)12-8-5-9-14(12,13)3/h10-12H,4-9H2,1-3H3. The van der Waals surface area contributed by atoms with Crippen molar-refractivity contribution in [2.24, 2.45) is 28.6 Å². The highest BCUT2D eigenvalue weighted by Gasteiger charge is 2.63. The van der Waals surface area contributed by atoms with Crippen molar-refractivity contribution in [2.75, 3.05) is 0 Å². The quantitative estimate of drug-likeness (QED) is 0.538. The molecule has 80 valence electrons. The molecular formula is C14H24. The minimum atomic E-state index is 0.634. The second-order valence-electron chi connectivity index (χ2n) is 6.84. The molecule has 4 atom stereocenters. The van der Waals surface area contributed by atoms with Crippen LogP contribution in [0.25, 0.3) is 0 Å². The van der Waals surface area contributed by atoms with Crippen LogP contribution in [0.5, 0.6) is 0 Å². The van der Waals surface area contributed by atoms with Gasteiger partial charge in [-0.15, -0.1) is 0 Å². The molecule has 3 fully saturated rings. The lowest BCUT2D eigenvalue weighted by Gasteiger charge is -2.41. The third-order valence-electron chi connectivity index (χ3n) is 6.51. The topological polar surface area (TPSA) is 0 Å². The molecule has 0 saturated heterocycles. The summed E-state index contributed by atoms with van der Waals surface area (Å²) in [6, 6.07) is 0. The van der Waals surface area contributed by atoms with E-state index in [9.17, 15) is 0 Å². The van der Waals surface area contributed by atoms with Gasteiger partial charge in [-0.2, -0.15) is 0 Å². The molecule has 0 nitrogen and oxygen atoms in total. The zero-order chi connectivity index (χ0) is 9.97. The van der Waals surface area contributed by atoms with Gasteiger partial charge in [0.15, 0.2) is 0 Å². The van der Waals surface area contributed by atoms with Gasteiger partial charge < -0.3 is 0 Å². The minimum Gasteiger partial charge on any atom is -0.0591 e. The first-order valence-electron chi connectivity index (χ1n) is 6.57.